The number of fused-ring (bicyclic) bond motifs is 1. The molecule has 2 aromatic rings. The number of rotatable bonds is 3. The molecule has 3 nitrogen and oxygen atoms in total. The molecule has 0 bridgehead atoms. The second kappa shape index (κ2) is 6.42. The van der Waals surface area contributed by atoms with Crippen LogP contribution >= 0.6 is 15.9 Å². The topological polar surface area (TPSA) is 19.4 Å². The normalized spacial score (nSPS) is 17.7. The van der Waals surface area contributed by atoms with E-state index in [-0.39, 0.29) is 0 Å². The highest BCUT2D eigenvalue weighted by atomic mass is 79.9. The molecule has 112 valence electrons. The van der Waals surface area contributed by atoms with E-state index in [1.54, 1.807) is 0 Å². The molecule has 0 spiro atoms. The van der Waals surface area contributed by atoms with E-state index in [4.69, 9.17) is 0 Å². The van der Waals surface area contributed by atoms with E-state index in [1.165, 1.54) is 42.3 Å². The number of piperidine rings is 1. The standard InChI is InChI=1S/C17H22BrN3/c1-20(2)15-5-7-21(8-6-15)12-13-3-4-14-10-19-11-17(18)16(14)9-13/h3-4,9-11,15H,5-8,12H2,1-2H3. The average molecular weight is 348 g/mol. The van der Waals surface area contributed by atoms with Crippen LogP contribution in [0.1, 0.15) is 18.4 Å². The van der Waals surface area contributed by atoms with Crippen LogP contribution < -0.4 is 0 Å². The number of likely N-dealkylation sites (tertiary alicyclic amines) is 1. The van der Waals surface area contributed by atoms with Gasteiger partial charge in [-0.05, 0) is 73.0 Å². The predicted octanol–water partition coefficient (Wildman–Crippen LogP) is 3.52. The van der Waals surface area contributed by atoms with Crippen molar-refractivity contribution >= 4 is 26.7 Å². The van der Waals surface area contributed by atoms with Gasteiger partial charge in [0.15, 0.2) is 0 Å². The minimum Gasteiger partial charge on any atom is -0.306 e. The van der Waals surface area contributed by atoms with E-state index in [0.717, 1.165) is 17.1 Å². The summed E-state index contributed by atoms with van der Waals surface area (Å²) < 4.78 is 1.08. The first-order chi connectivity index (χ1) is 10.1. The molecule has 1 aliphatic heterocycles. The summed E-state index contributed by atoms with van der Waals surface area (Å²) in [6, 6.07) is 7.45. The molecule has 1 aromatic heterocycles. The van der Waals surface area contributed by atoms with Crippen molar-refractivity contribution in [2.75, 3.05) is 27.2 Å². The van der Waals surface area contributed by atoms with Gasteiger partial charge in [-0.2, -0.15) is 0 Å². The van der Waals surface area contributed by atoms with Gasteiger partial charge in [-0.15, -0.1) is 0 Å². The molecule has 0 saturated carbocycles. The van der Waals surface area contributed by atoms with Crippen LogP contribution in [0.2, 0.25) is 0 Å². The van der Waals surface area contributed by atoms with Crippen molar-refractivity contribution in [2.45, 2.75) is 25.4 Å². The Kier molecular flexibility index (Phi) is 4.57. The molecule has 0 aliphatic carbocycles. The maximum atomic E-state index is 4.22. The minimum atomic E-state index is 0.748. The summed E-state index contributed by atoms with van der Waals surface area (Å²) in [5.74, 6) is 0. The third-order valence-corrected chi connectivity index (χ3v) is 5.10. The summed E-state index contributed by atoms with van der Waals surface area (Å²) in [6.07, 6.45) is 6.34. The zero-order valence-electron chi connectivity index (χ0n) is 12.7. The van der Waals surface area contributed by atoms with Gasteiger partial charge in [-0.3, -0.25) is 9.88 Å². The average Bonchev–Trinajstić information content (AvgIpc) is 2.49. The van der Waals surface area contributed by atoms with Crippen LogP contribution in [0.4, 0.5) is 0 Å². The molecule has 3 rings (SSSR count). The fraction of sp³-hybridized carbons (Fsp3) is 0.471. The molecule has 0 N–H and O–H groups in total. The van der Waals surface area contributed by atoms with Gasteiger partial charge in [0.2, 0.25) is 0 Å². The number of halogens is 1. The molecule has 1 saturated heterocycles. The van der Waals surface area contributed by atoms with Crippen LogP contribution in [-0.2, 0) is 6.54 Å². The monoisotopic (exact) mass is 347 g/mol. The summed E-state index contributed by atoms with van der Waals surface area (Å²) in [4.78, 5) is 9.14. The van der Waals surface area contributed by atoms with Gasteiger partial charge in [0.05, 0.1) is 0 Å². The molecule has 0 unspecified atom stereocenters. The third-order valence-electron chi connectivity index (χ3n) is 4.47. The zero-order chi connectivity index (χ0) is 14.8. The van der Waals surface area contributed by atoms with Crippen LogP contribution in [0, 0.1) is 0 Å². The van der Waals surface area contributed by atoms with E-state index in [0.29, 0.717) is 0 Å². The third kappa shape index (κ3) is 3.44. The van der Waals surface area contributed by atoms with E-state index >= 15 is 0 Å². The number of hydrogen-bond acceptors (Lipinski definition) is 3. The van der Waals surface area contributed by atoms with E-state index in [2.05, 4.69) is 63.0 Å². The largest absolute Gasteiger partial charge is 0.306 e. The Morgan fingerprint density at radius 1 is 1.24 bits per heavy atom. The summed E-state index contributed by atoms with van der Waals surface area (Å²) in [6.45, 7) is 3.43. The van der Waals surface area contributed by atoms with Gasteiger partial charge in [-0.25, -0.2) is 0 Å². The highest BCUT2D eigenvalue weighted by Crippen LogP contribution is 2.25. The summed E-state index contributed by atoms with van der Waals surface area (Å²) in [5, 5.41) is 2.45. The van der Waals surface area contributed by atoms with Gasteiger partial charge in [0.25, 0.3) is 0 Å². The Hall–Kier alpha value is -0.970. The number of aromatic nitrogens is 1. The SMILES string of the molecule is CN(C)C1CCN(Cc2ccc3cncc(Br)c3c2)CC1. The first kappa shape index (κ1) is 14.9. The molecule has 0 radical (unpaired) electrons. The molecule has 21 heavy (non-hydrogen) atoms. The molecule has 1 aromatic carbocycles. The predicted molar refractivity (Wildman–Crippen MR) is 91.4 cm³/mol. The van der Waals surface area contributed by atoms with Gasteiger partial charge in [0.1, 0.15) is 0 Å². The lowest BCUT2D eigenvalue weighted by Crippen LogP contribution is -2.41. The summed E-state index contributed by atoms with van der Waals surface area (Å²) >= 11 is 3.60. The van der Waals surface area contributed by atoms with Crippen molar-refractivity contribution in [1.29, 1.82) is 0 Å². The van der Waals surface area contributed by atoms with Crippen molar-refractivity contribution < 1.29 is 0 Å². The van der Waals surface area contributed by atoms with Crippen LogP contribution in [0.5, 0.6) is 0 Å². The van der Waals surface area contributed by atoms with Gasteiger partial charge in [-0.1, -0.05) is 12.1 Å². The number of nitrogens with zero attached hydrogens (tertiary/aromatic N) is 3. The molecular formula is C17H22BrN3. The zero-order valence-corrected chi connectivity index (χ0v) is 14.3. The van der Waals surface area contributed by atoms with Crippen LogP contribution in [-0.4, -0.2) is 48.0 Å². The lowest BCUT2D eigenvalue weighted by atomic mass is 10.0. The Balaban J connectivity index is 1.70. The van der Waals surface area contributed by atoms with E-state index < -0.39 is 0 Å². The lowest BCUT2D eigenvalue weighted by Gasteiger charge is -2.35. The Labute approximate surface area is 135 Å². The highest BCUT2D eigenvalue weighted by molar-refractivity contribution is 9.10. The number of pyridine rings is 1. The number of hydrogen-bond donors (Lipinski definition) is 0. The van der Waals surface area contributed by atoms with Gasteiger partial charge < -0.3 is 4.90 Å². The summed E-state index contributed by atoms with van der Waals surface area (Å²) in [5.41, 5.74) is 1.39. The first-order valence-electron chi connectivity index (χ1n) is 7.54. The molecule has 0 atom stereocenters. The molecule has 1 fully saturated rings. The van der Waals surface area contributed by atoms with Crippen molar-refractivity contribution in [3.63, 3.8) is 0 Å². The maximum Gasteiger partial charge on any atom is 0.0437 e. The van der Waals surface area contributed by atoms with Crippen LogP contribution in [0.3, 0.4) is 0 Å². The lowest BCUT2D eigenvalue weighted by molar-refractivity contribution is 0.140. The quantitative estimate of drug-likeness (QED) is 0.846. The van der Waals surface area contributed by atoms with Crippen LogP contribution in [0.15, 0.2) is 35.1 Å². The van der Waals surface area contributed by atoms with E-state index in [9.17, 15) is 0 Å². The smallest absolute Gasteiger partial charge is 0.0437 e. The second-order valence-electron chi connectivity index (χ2n) is 6.15. The molecule has 2 heterocycles. The molecular weight excluding hydrogens is 326 g/mol. The maximum absolute atomic E-state index is 4.22. The molecule has 4 heteroatoms. The number of benzene rings is 1. The second-order valence-corrected chi connectivity index (χ2v) is 7.00. The van der Waals surface area contributed by atoms with Gasteiger partial charge in [0, 0.05) is 34.8 Å². The van der Waals surface area contributed by atoms with Crippen molar-refractivity contribution in [2.24, 2.45) is 0 Å². The van der Waals surface area contributed by atoms with E-state index in [1.807, 2.05) is 12.4 Å². The Morgan fingerprint density at radius 2 is 2.00 bits per heavy atom. The first-order valence-corrected chi connectivity index (χ1v) is 8.34. The van der Waals surface area contributed by atoms with Crippen molar-refractivity contribution in [3.05, 3.63) is 40.6 Å². The minimum absolute atomic E-state index is 0.748. The molecule has 0 amide bonds. The fourth-order valence-corrected chi connectivity index (χ4v) is 3.59. The Bertz CT molecular complexity index is 618. The van der Waals surface area contributed by atoms with Crippen LogP contribution in [0.25, 0.3) is 10.8 Å². The molecule has 1 aliphatic rings. The Morgan fingerprint density at radius 3 is 2.71 bits per heavy atom. The summed E-state index contributed by atoms with van der Waals surface area (Å²) in [7, 11) is 4.38. The van der Waals surface area contributed by atoms with Gasteiger partial charge >= 0.3 is 0 Å². The van der Waals surface area contributed by atoms with Crippen molar-refractivity contribution in [1.82, 2.24) is 14.8 Å². The highest BCUT2D eigenvalue weighted by Gasteiger charge is 2.20. The fourth-order valence-electron chi connectivity index (χ4n) is 3.13. The van der Waals surface area contributed by atoms with Crippen molar-refractivity contribution in [3.8, 4) is 0 Å².